The van der Waals surface area contributed by atoms with Crippen LogP contribution in [-0.4, -0.2) is 21.4 Å². The molecule has 0 aliphatic heterocycles. The lowest BCUT2D eigenvalue weighted by atomic mass is 10.1. The minimum atomic E-state index is -3.83. The van der Waals surface area contributed by atoms with E-state index >= 15 is 0 Å². The number of aryl methyl sites for hydroxylation is 1. The zero-order chi connectivity index (χ0) is 21.2. The Balaban J connectivity index is 1.87. The van der Waals surface area contributed by atoms with Crippen molar-refractivity contribution in [2.45, 2.75) is 11.8 Å². The summed E-state index contributed by atoms with van der Waals surface area (Å²) in [6, 6.07) is 18.0. The monoisotopic (exact) mass is 492 g/mol. The van der Waals surface area contributed by atoms with E-state index in [0.717, 1.165) is 10.0 Å². The maximum absolute atomic E-state index is 13.0. The molecule has 0 fully saturated rings. The predicted octanol–water partition coefficient (Wildman–Crippen LogP) is 5.49. The highest BCUT2D eigenvalue weighted by atomic mass is 79.9. The lowest BCUT2D eigenvalue weighted by Gasteiger charge is -2.20. The van der Waals surface area contributed by atoms with E-state index in [1.54, 1.807) is 54.6 Å². The number of sulfonamides is 1. The van der Waals surface area contributed by atoms with Gasteiger partial charge in [0.15, 0.2) is 0 Å². The number of nitrogens with one attached hydrogen (secondary N) is 1. The molecule has 8 heteroatoms. The molecule has 0 bridgehead atoms. The van der Waals surface area contributed by atoms with Crippen LogP contribution in [0.25, 0.3) is 0 Å². The second-order valence-electron chi connectivity index (χ2n) is 6.39. The highest BCUT2D eigenvalue weighted by Crippen LogP contribution is 2.25. The Morgan fingerprint density at radius 1 is 1.03 bits per heavy atom. The van der Waals surface area contributed by atoms with Crippen LogP contribution in [0.4, 0.5) is 11.4 Å². The molecule has 1 amide bonds. The van der Waals surface area contributed by atoms with E-state index in [0.29, 0.717) is 16.4 Å². The Morgan fingerprint density at radius 3 is 2.38 bits per heavy atom. The van der Waals surface area contributed by atoms with Crippen molar-refractivity contribution in [1.29, 1.82) is 0 Å². The number of hydrogen-bond donors (Lipinski definition) is 1. The molecule has 5 nitrogen and oxygen atoms in total. The van der Waals surface area contributed by atoms with Gasteiger partial charge >= 0.3 is 0 Å². The van der Waals surface area contributed by atoms with Gasteiger partial charge in [-0.25, -0.2) is 8.42 Å². The summed E-state index contributed by atoms with van der Waals surface area (Å²) in [7, 11) is -2.35. The number of hydrogen-bond acceptors (Lipinski definition) is 3. The van der Waals surface area contributed by atoms with Gasteiger partial charge in [-0.05, 0) is 73.2 Å². The summed E-state index contributed by atoms with van der Waals surface area (Å²) >= 11 is 9.28. The van der Waals surface area contributed by atoms with Crippen molar-refractivity contribution in [1.82, 2.24) is 0 Å². The van der Waals surface area contributed by atoms with Crippen LogP contribution in [0.2, 0.25) is 5.02 Å². The van der Waals surface area contributed by atoms with Gasteiger partial charge in [-0.3, -0.25) is 9.10 Å². The Bertz CT molecular complexity index is 1160. The first-order valence-electron chi connectivity index (χ1n) is 8.60. The van der Waals surface area contributed by atoms with Crippen LogP contribution in [0, 0.1) is 6.92 Å². The second kappa shape index (κ2) is 8.57. The fourth-order valence-electron chi connectivity index (χ4n) is 2.71. The molecule has 0 radical (unpaired) electrons. The number of anilines is 2. The summed E-state index contributed by atoms with van der Waals surface area (Å²) in [6.45, 7) is 1.83. The van der Waals surface area contributed by atoms with Gasteiger partial charge in [0.25, 0.3) is 15.9 Å². The summed E-state index contributed by atoms with van der Waals surface area (Å²) in [6.07, 6.45) is 0. The van der Waals surface area contributed by atoms with Crippen LogP contribution in [-0.2, 0) is 10.0 Å². The molecule has 0 aromatic heterocycles. The third kappa shape index (κ3) is 4.80. The largest absolute Gasteiger partial charge is 0.322 e. The van der Waals surface area contributed by atoms with E-state index in [-0.39, 0.29) is 10.5 Å². The van der Waals surface area contributed by atoms with Gasteiger partial charge in [-0.2, -0.15) is 0 Å². The van der Waals surface area contributed by atoms with Crippen LogP contribution in [0.15, 0.2) is 76.1 Å². The molecule has 0 saturated heterocycles. The number of rotatable bonds is 5. The minimum Gasteiger partial charge on any atom is -0.322 e. The minimum absolute atomic E-state index is 0.0309. The first-order valence-corrected chi connectivity index (χ1v) is 11.2. The summed E-state index contributed by atoms with van der Waals surface area (Å²) in [5.41, 5.74) is 2.17. The zero-order valence-corrected chi connectivity index (χ0v) is 18.8. The van der Waals surface area contributed by atoms with Crippen molar-refractivity contribution in [3.63, 3.8) is 0 Å². The number of carbonyl (C=O) groups is 1. The van der Waals surface area contributed by atoms with Gasteiger partial charge in [0.2, 0.25) is 0 Å². The van der Waals surface area contributed by atoms with E-state index in [1.807, 2.05) is 6.92 Å². The molecule has 0 aliphatic rings. The van der Waals surface area contributed by atoms with Crippen molar-refractivity contribution in [2.24, 2.45) is 0 Å². The van der Waals surface area contributed by atoms with E-state index in [4.69, 9.17) is 11.6 Å². The van der Waals surface area contributed by atoms with Crippen LogP contribution in [0.3, 0.4) is 0 Å². The fraction of sp³-hybridized carbons (Fsp3) is 0.0952. The molecule has 0 heterocycles. The third-order valence-electron chi connectivity index (χ3n) is 4.38. The van der Waals surface area contributed by atoms with E-state index in [2.05, 4.69) is 21.2 Å². The molecule has 1 N–H and O–H groups in total. The van der Waals surface area contributed by atoms with Gasteiger partial charge in [0.1, 0.15) is 0 Å². The lowest BCUT2D eigenvalue weighted by Crippen LogP contribution is -2.26. The number of carbonyl (C=O) groups excluding carboxylic acids is 1. The molecule has 0 unspecified atom stereocenters. The molecule has 3 aromatic rings. The molecular formula is C21H18BrClN2O3S. The van der Waals surface area contributed by atoms with Crippen molar-refractivity contribution in [3.05, 3.63) is 87.4 Å². The normalized spacial score (nSPS) is 11.2. The SMILES string of the molecule is Cc1cc(Cl)ccc1NC(=O)c1cccc(S(=O)(=O)N(C)c2ccc(Br)cc2)c1. The smallest absolute Gasteiger partial charge is 0.264 e. The Labute approximate surface area is 183 Å². The quantitative estimate of drug-likeness (QED) is 0.511. The summed E-state index contributed by atoms with van der Waals surface area (Å²) in [5.74, 6) is -0.404. The van der Waals surface area contributed by atoms with Crippen molar-refractivity contribution >= 4 is 54.8 Å². The number of benzene rings is 3. The van der Waals surface area contributed by atoms with Gasteiger partial charge in [0, 0.05) is 27.8 Å². The molecule has 3 aromatic carbocycles. The maximum Gasteiger partial charge on any atom is 0.264 e. The average molecular weight is 494 g/mol. The topological polar surface area (TPSA) is 66.5 Å². The van der Waals surface area contributed by atoms with E-state index in [1.165, 1.54) is 23.5 Å². The number of halogens is 2. The average Bonchev–Trinajstić information content (AvgIpc) is 2.70. The van der Waals surface area contributed by atoms with Crippen LogP contribution < -0.4 is 9.62 Å². The standard InChI is InChI=1S/C21H18BrClN2O3S/c1-14-12-17(23)8-11-20(14)24-21(26)15-4-3-5-19(13-15)29(27,28)25(2)18-9-6-16(22)7-10-18/h3-13H,1-2H3,(H,24,26). The molecule has 0 aliphatic carbocycles. The molecule has 3 rings (SSSR count). The van der Waals surface area contributed by atoms with Gasteiger partial charge < -0.3 is 5.32 Å². The molecule has 0 spiro atoms. The molecule has 0 atom stereocenters. The first kappa shape index (κ1) is 21.4. The summed E-state index contributed by atoms with van der Waals surface area (Å²) in [4.78, 5) is 12.7. The summed E-state index contributed by atoms with van der Waals surface area (Å²) < 4.78 is 28.1. The molecule has 0 saturated carbocycles. The predicted molar refractivity (Wildman–Crippen MR) is 120 cm³/mol. The first-order chi connectivity index (χ1) is 13.7. The highest BCUT2D eigenvalue weighted by Gasteiger charge is 2.22. The van der Waals surface area contributed by atoms with Crippen LogP contribution in [0.5, 0.6) is 0 Å². The van der Waals surface area contributed by atoms with Crippen molar-refractivity contribution < 1.29 is 13.2 Å². The fourth-order valence-corrected chi connectivity index (χ4v) is 4.44. The third-order valence-corrected chi connectivity index (χ3v) is 6.93. The second-order valence-corrected chi connectivity index (χ2v) is 9.71. The number of nitrogens with zero attached hydrogens (tertiary/aromatic N) is 1. The van der Waals surface area contributed by atoms with E-state index in [9.17, 15) is 13.2 Å². The highest BCUT2D eigenvalue weighted by molar-refractivity contribution is 9.10. The van der Waals surface area contributed by atoms with Crippen LogP contribution >= 0.6 is 27.5 Å². The Morgan fingerprint density at radius 2 is 1.72 bits per heavy atom. The zero-order valence-electron chi connectivity index (χ0n) is 15.7. The molecular weight excluding hydrogens is 476 g/mol. The molecule has 29 heavy (non-hydrogen) atoms. The van der Waals surface area contributed by atoms with Gasteiger partial charge in [-0.1, -0.05) is 33.6 Å². The van der Waals surface area contributed by atoms with Gasteiger partial charge in [-0.15, -0.1) is 0 Å². The van der Waals surface area contributed by atoms with E-state index < -0.39 is 15.9 Å². The van der Waals surface area contributed by atoms with Crippen LogP contribution in [0.1, 0.15) is 15.9 Å². The maximum atomic E-state index is 13.0. The van der Waals surface area contributed by atoms with Crippen molar-refractivity contribution in [2.75, 3.05) is 16.7 Å². The number of amides is 1. The lowest BCUT2D eigenvalue weighted by molar-refractivity contribution is 0.102. The summed E-state index contributed by atoms with van der Waals surface area (Å²) in [5, 5.41) is 3.36. The molecule has 150 valence electrons. The Hall–Kier alpha value is -2.35. The van der Waals surface area contributed by atoms with Crippen molar-refractivity contribution in [3.8, 4) is 0 Å². The Kier molecular flexibility index (Phi) is 6.31. The van der Waals surface area contributed by atoms with Gasteiger partial charge in [0.05, 0.1) is 10.6 Å².